The molecule has 2 atom stereocenters. The lowest BCUT2D eigenvalue weighted by molar-refractivity contribution is -0.143. The first-order valence-corrected chi connectivity index (χ1v) is 9.48. The summed E-state index contributed by atoms with van der Waals surface area (Å²) in [5.41, 5.74) is 2.12. The Balaban J connectivity index is 2.06. The second-order valence-corrected chi connectivity index (χ2v) is 7.20. The standard InChI is InChI=1S/C24H23NO3/c26-21-16-22(23(27)28)25(17-21)24(18-10-4-1-5-11-18,19-12-6-2-7-13-19)20-14-8-3-9-15-20/h1-15,21-22,26H,16-17H2,(H,27,28)/t21-,22-/m1/s1. The Kier molecular flexibility index (Phi) is 4.99. The lowest BCUT2D eigenvalue weighted by Crippen LogP contribution is -2.53. The largest absolute Gasteiger partial charge is 0.480 e. The Labute approximate surface area is 164 Å². The number of aliphatic hydroxyl groups is 1. The van der Waals surface area contributed by atoms with E-state index in [9.17, 15) is 15.0 Å². The van der Waals surface area contributed by atoms with Crippen LogP contribution in [0.1, 0.15) is 23.1 Å². The first-order valence-electron chi connectivity index (χ1n) is 9.48. The van der Waals surface area contributed by atoms with E-state index < -0.39 is 23.7 Å². The Hall–Kier alpha value is -2.95. The zero-order chi connectivity index (χ0) is 19.6. The molecule has 4 rings (SSSR count). The number of hydrogen-bond donors (Lipinski definition) is 2. The number of nitrogens with zero attached hydrogens (tertiary/aromatic N) is 1. The number of carboxylic acid groups (broad SMARTS) is 1. The molecule has 2 N–H and O–H groups in total. The van der Waals surface area contributed by atoms with Crippen LogP contribution in [0.3, 0.4) is 0 Å². The van der Waals surface area contributed by atoms with Gasteiger partial charge in [0.1, 0.15) is 6.04 Å². The van der Waals surface area contributed by atoms with Crippen LogP contribution < -0.4 is 0 Å². The minimum atomic E-state index is -0.913. The third-order valence-electron chi connectivity index (χ3n) is 5.57. The number of β-amino-alcohol motifs (C(OH)–C–C–N with tert-alkyl or cyclic N) is 1. The van der Waals surface area contributed by atoms with Crippen LogP contribution in [0.4, 0.5) is 0 Å². The van der Waals surface area contributed by atoms with E-state index in [0.29, 0.717) is 0 Å². The summed E-state index contributed by atoms with van der Waals surface area (Å²) in [7, 11) is 0. The van der Waals surface area contributed by atoms with Gasteiger partial charge in [-0.15, -0.1) is 0 Å². The van der Waals surface area contributed by atoms with E-state index in [1.54, 1.807) is 0 Å². The van der Waals surface area contributed by atoms with Gasteiger partial charge in [0.15, 0.2) is 0 Å². The van der Waals surface area contributed by atoms with E-state index in [2.05, 4.69) is 0 Å². The number of aliphatic carboxylic acids is 1. The first kappa shape index (κ1) is 18.4. The topological polar surface area (TPSA) is 60.8 Å². The second-order valence-electron chi connectivity index (χ2n) is 7.20. The van der Waals surface area contributed by atoms with Crippen LogP contribution in [0.15, 0.2) is 91.0 Å². The van der Waals surface area contributed by atoms with Crippen LogP contribution in [0.2, 0.25) is 0 Å². The average Bonchev–Trinajstić information content (AvgIpc) is 3.13. The SMILES string of the molecule is O=C(O)[C@H]1C[C@@H](O)CN1C(c1ccccc1)(c1ccccc1)c1ccccc1. The second kappa shape index (κ2) is 7.58. The fourth-order valence-corrected chi connectivity index (χ4v) is 4.45. The molecule has 0 aliphatic carbocycles. The minimum absolute atomic E-state index is 0.212. The molecule has 1 aliphatic rings. The van der Waals surface area contributed by atoms with Gasteiger partial charge in [-0.05, 0) is 16.7 Å². The number of likely N-dealkylation sites (tertiary alicyclic amines) is 1. The van der Waals surface area contributed by atoms with Crippen LogP contribution >= 0.6 is 0 Å². The number of aliphatic hydroxyl groups excluding tert-OH is 1. The Morgan fingerprint density at radius 1 is 0.786 bits per heavy atom. The zero-order valence-corrected chi connectivity index (χ0v) is 15.5. The van der Waals surface area contributed by atoms with Crippen molar-refractivity contribution < 1.29 is 15.0 Å². The molecule has 0 amide bonds. The van der Waals surface area contributed by atoms with Gasteiger partial charge in [0.2, 0.25) is 0 Å². The smallest absolute Gasteiger partial charge is 0.321 e. The number of carbonyl (C=O) groups is 1. The maximum absolute atomic E-state index is 12.1. The Morgan fingerprint density at radius 2 is 1.18 bits per heavy atom. The molecule has 4 heteroatoms. The third-order valence-corrected chi connectivity index (χ3v) is 5.57. The van der Waals surface area contributed by atoms with E-state index in [-0.39, 0.29) is 13.0 Å². The van der Waals surface area contributed by atoms with Gasteiger partial charge in [-0.2, -0.15) is 0 Å². The monoisotopic (exact) mass is 373 g/mol. The fourth-order valence-electron chi connectivity index (χ4n) is 4.45. The Bertz CT molecular complexity index is 831. The molecule has 1 aliphatic heterocycles. The molecule has 28 heavy (non-hydrogen) atoms. The molecule has 3 aromatic rings. The molecule has 0 radical (unpaired) electrons. The van der Waals surface area contributed by atoms with Crippen LogP contribution in [0, 0.1) is 0 Å². The van der Waals surface area contributed by atoms with Crippen molar-refractivity contribution in [3.8, 4) is 0 Å². The predicted octanol–water partition coefficient (Wildman–Crippen LogP) is 3.50. The summed E-state index contributed by atoms with van der Waals surface area (Å²) in [5, 5.41) is 20.4. The highest BCUT2D eigenvalue weighted by Crippen LogP contribution is 2.45. The van der Waals surface area contributed by atoms with E-state index in [1.807, 2.05) is 95.9 Å². The van der Waals surface area contributed by atoms with Gasteiger partial charge in [0.05, 0.1) is 11.6 Å². The predicted molar refractivity (Wildman–Crippen MR) is 108 cm³/mol. The van der Waals surface area contributed by atoms with Crippen molar-refractivity contribution in [2.75, 3.05) is 6.54 Å². The molecule has 142 valence electrons. The van der Waals surface area contributed by atoms with Crippen molar-refractivity contribution in [2.45, 2.75) is 24.1 Å². The van der Waals surface area contributed by atoms with E-state index in [4.69, 9.17) is 0 Å². The molecule has 3 aromatic carbocycles. The van der Waals surface area contributed by atoms with Crippen LogP contribution in [0.5, 0.6) is 0 Å². The molecule has 0 aromatic heterocycles. The van der Waals surface area contributed by atoms with Crippen molar-refractivity contribution >= 4 is 5.97 Å². The van der Waals surface area contributed by atoms with Gasteiger partial charge < -0.3 is 10.2 Å². The molecular weight excluding hydrogens is 350 g/mol. The van der Waals surface area contributed by atoms with Crippen molar-refractivity contribution in [2.24, 2.45) is 0 Å². The van der Waals surface area contributed by atoms with Crippen molar-refractivity contribution in [1.82, 2.24) is 4.90 Å². The maximum Gasteiger partial charge on any atom is 0.321 e. The molecule has 0 bridgehead atoms. The molecule has 0 spiro atoms. The Morgan fingerprint density at radius 3 is 1.54 bits per heavy atom. The number of benzene rings is 3. The molecule has 1 saturated heterocycles. The van der Waals surface area contributed by atoms with Crippen LogP contribution in [-0.4, -0.2) is 39.8 Å². The van der Waals surface area contributed by atoms with Gasteiger partial charge in [-0.25, -0.2) is 0 Å². The molecule has 1 fully saturated rings. The highest BCUT2D eigenvalue weighted by Gasteiger charge is 2.51. The summed E-state index contributed by atoms with van der Waals surface area (Å²) in [6, 6.07) is 29.1. The van der Waals surface area contributed by atoms with E-state index >= 15 is 0 Å². The zero-order valence-electron chi connectivity index (χ0n) is 15.5. The van der Waals surface area contributed by atoms with Gasteiger partial charge >= 0.3 is 5.97 Å². The lowest BCUT2D eigenvalue weighted by Gasteiger charge is -2.45. The fraction of sp³-hybridized carbons (Fsp3) is 0.208. The summed E-state index contributed by atoms with van der Waals surface area (Å²) in [4.78, 5) is 14.1. The van der Waals surface area contributed by atoms with Crippen LogP contribution in [-0.2, 0) is 10.3 Å². The van der Waals surface area contributed by atoms with Gasteiger partial charge in [-0.1, -0.05) is 91.0 Å². The first-order chi connectivity index (χ1) is 13.6. The molecule has 0 saturated carbocycles. The van der Waals surface area contributed by atoms with Crippen molar-refractivity contribution in [3.05, 3.63) is 108 Å². The average molecular weight is 373 g/mol. The van der Waals surface area contributed by atoms with Crippen molar-refractivity contribution in [3.63, 3.8) is 0 Å². The van der Waals surface area contributed by atoms with Gasteiger partial charge in [0.25, 0.3) is 0 Å². The maximum atomic E-state index is 12.1. The highest BCUT2D eigenvalue weighted by molar-refractivity contribution is 5.75. The van der Waals surface area contributed by atoms with Gasteiger partial charge in [-0.3, -0.25) is 9.69 Å². The summed E-state index contributed by atoms with van der Waals surface area (Å²) < 4.78 is 0. The molecule has 4 nitrogen and oxygen atoms in total. The summed E-state index contributed by atoms with van der Waals surface area (Å²) in [5.74, 6) is -0.913. The normalized spacial score (nSPS) is 20.2. The summed E-state index contributed by atoms with van der Waals surface area (Å²) in [6.45, 7) is 0.287. The highest BCUT2D eigenvalue weighted by atomic mass is 16.4. The molecule has 1 heterocycles. The quantitative estimate of drug-likeness (QED) is 0.672. The number of rotatable bonds is 5. The summed E-state index contributed by atoms with van der Waals surface area (Å²) >= 11 is 0. The van der Waals surface area contributed by atoms with Crippen LogP contribution in [0.25, 0.3) is 0 Å². The minimum Gasteiger partial charge on any atom is -0.480 e. The lowest BCUT2D eigenvalue weighted by atomic mass is 9.75. The summed E-state index contributed by atoms with van der Waals surface area (Å²) in [6.07, 6.45) is -0.472. The van der Waals surface area contributed by atoms with E-state index in [1.165, 1.54) is 0 Å². The number of carboxylic acids is 1. The molecule has 0 unspecified atom stereocenters. The van der Waals surface area contributed by atoms with E-state index in [0.717, 1.165) is 16.7 Å². The van der Waals surface area contributed by atoms with Crippen molar-refractivity contribution in [1.29, 1.82) is 0 Å². The van der Waals surface area contributed by atoms with Gasteiger partial charge in [0, 0.05) is 13.0 Å². The molecular formula is C24H23NO3. The third kappa shape index (κ3) is 3.01. The number of hydrogen-bond acceptors (Lipinski definition) is 3.